The molecule has 0 aromatic rings. The van der Waals surface area contributed by atoms with E-state index in [0.717, 1.165) is 19.3 Å². The van der Waals surface area contributed by atoms with Crippen molar-refractivity contribution in [2.24, 2.45) is 5.92 Å². The molecule has 0 radical (unpaired) electrons. The van der Waals surface area contributed by atoms with Crippen molar-refractivity contribution in [3.63, 3.8) is 0 Å². The summed E-state index contributed by atoms with van der Waals surface area (Å²) in [5.41, 5.74) is 0. The molecule has 1 rings (SSSR count). The van der Waals surface area contributed by atoms with Gasteiger partial charge in [0.15, 0.2) is 0 Å². The first-order valence-corrected chi connectivity index (χ1v) is 5.32. The molecule has 5 heteroatoms. The summed E-state index contributed by atoms with van der Waals surface area (Å²) in [6.45, 7) is 0. The van der Waals surface area contributed by atoms with Crippen LogP contribution in [-0.4, -0.2) is 21.3 Å². The molecule has 0 spiro atoms. The molecule has 0 heterocycles. The first kappa shape index (κ1) is 8.96. The van der Waals surface area contributed by atoms with Crippen molar-refractivity contribution in [1.82, 2.24) is 4.89 Å². The maximum absolute atomic E-state index is 11.0. The molecule has 1 aliphatic rings. The van der Waals surface area contributed by atoms with Crippen LogP contribution in [0.3, 0.4) is 0 Å². The average molecular weight is 179 g/mol. The highest BCUT2D eigenvalue weighted by molar-refractivity contribution is 7.89. The van der Waals surface area contributed by atoms with Crippen molar-refractivity contribution < 1.29 is 13.3 Å². The maximum Gasteiger partial charge on any atom is 0.233 e. The minimum atomic E-state index is -3.16. The SMILES string of the molecule is CONS(=O)(=O)CC1CCC1. The molecule has 66 valence electrons. The van der Waals surface area contributed by atoms with E-state index in [9.17, 15) is 8.42 Å². The van der Waals surface area contributed by atoms with Gasteiger partial charge >= 0.3 is 0 Å². The second-order valence-electron chi connectivity index (χ2n) is 2.87. The van der Waals surface area contributed by atoms with Gasteiger partial charge in [-0.3, -0.25) is 4.84 Å². The minimum absolute atomic E-state index is 0.209. The van der Waals surface area contributed by atoms with E-state index in [1.54, 1.807) is 0 Å². The Morgan fingerprint density at radius 2 is 2.18 bits per heavy atom. The summed E-state index contributed by atoms with van der Waals surface area (Å²) in [5.74, 6) is 0.559. The largest absolute Gasteiger partial charge is 0.290 e. The summed E-state index contributed by atoms with van der Waals surface area (Å²) in [7, 11) is -1.86. The van der Waals surface area contributed by atoms with Gasteiger partial charge in [-0.2, -0.15) is 0 Å². The normalized spacial score (nSPS) is 19.7. The lowest BCUT2D eigenvalue weighted by Crippen LogP contribution is -2.31. The summed E-state index contributed by atoms with van der Waals surface area (Å²) in [6.07, 6.45) is 3.22. The summed E-state index contributed by atoms with van der Waals surface area (Å²) in [4.78, 5) is 6.33. The predicted octanol–water partition coefficient (Wildman–Crippen LogP) is 0.267. The molecule has 0 saturated heterocycles. The fourth-order valence-electron chi connectivity index (χ4n) is 1.13. The van der Waals surface area contributed by atoms with Crippen molar-refractivity contribution in [2.75, 3.05) is 12.9 Å². The summed E-state index contributed by atoms with van der Waals surface area (Å²) in [5, 5.41) is 0. The molecular formula is C6H13NO3S. The second kappa shape index (κ2) is 3.51. The van der Waals surface area contributed by atoms with E-state index in [4.69, 9.17) is 0 Å². The molecule has 1 aliphatic carbocycles. The van der Waals surface area contributed by atoms with Crippen molar-refractivity contribution in [2.45, 2.75) is 19.3 Å². The van der Waals surface area contributed by atoms with E-state index in [-0.39, 0.29) is 5.75 Å². The van der Waals surface area contributed by atoms with Gasteiger partial charge in [0.25, 0.3) is 0 Å². The van der Waals surface area contributed by atoms with E-state index in [0.29, 0.717) is 5.92 Å². The highest BCUT2D eigenvalue weighted by Crippen LogP contribution is 2.27. The molecule has 0 aromatic heterocycles. The zero-order valence-corrected chi connectivity index (χ0v) is 7.36. The fourth-order valence-corrected chi connectivity index (χ4v) is 2.41. The van der Waals surface area contributed by atoms with Crippen molar-refractivity contribution in [3.05, 3.63) is 0 Å². The molecular weight excluding hydrogens is 166 g/mol. The molecule has 0 unspecified atom stereocenters. The van der Waals surface area contributed by atoms with Crippen molar-refractivity contribution >= 4 is 10.0 Å². The van der Waals surface area contributed by atoms with Crippen molar-refractivity contribution in [1.29, 1.82) is 0 Å². The molecule has 1 N–H and O–H groups in total. The third-order valence-corrected chi connectivity index (χ3v) is 3.22. The zero-order chi connectivity index (χ0) is 8.32. The highest BCUT2D eigenvalue weighted by atomic mass is 32.2. The Balaban J connectivity index is 2.33. The van der Waals surface area contributed by atoms with Gasteiger partial charge in [-0.1, -0.05) is 11.3 Å². The van der Waals surface area contributed by atoms with Gasteiger partial charge in [-0.05, 0) is 18.8 Å². The van der Waals surface area contributed by atoms with Crippen LogP contribution in [0.5, 0.6) is 0 Å². The van der Waals surface area contributed by atoms with Gasteiger partial charge < -0.3 is 0 Å². The van der Waals surface area contributed by atoms with Crippen LogP contribution in [0.1, 0.15) is 19.3 Å². The summed E-state index contributed by atoms with van der Waals surface area (Å²) >= 11 is 0. The molecule has 1 fully saturated rings. The Kier molecular flexibility index (Phi) is 2.86. The van der Waals surface area contributed by atoms with Gasteiger partial charge in [0.2, 0.25) is 10.0 Å². The number of rotatable bonds is 4. The molecule has 4 nitrogen and oxygen atoms in total. The van der Waals surface area contributed by atoms with Crippen LogP contribution >= 0.6 is 0 Å². The van der Waals surface area contributed by atoms with Crippen LogP contribution in [0, 0.1) is 5.92 Å². The molecule has 0 atom stereocenters. The van der Waals surface area contributed by atoms with Crippen LogP contribution in [-0.2, 0) is 14.9 Å². The molecule has 0 aliphatic heterocycles. The third-order valence-electron chi connectivity index (χ3n) is 1.89. The fraction of sp³-hybridized carbons (Fsp3) is 1.00. The zero-order valence-electron chi connectivity index (χ0n) is 6.54. The number of hydrogen-bond donors (Lipinski definition) is 1. The smallest absolute Gasteiger partial charge is 0.233 e. The molecule has 0 bridgehead atoms. The van der Waals surface area contributed by atoms with Crippen LogP contribution < -0.4 is 4.89 Å². The van der Waals surface area contributed by atoms with Crippen LogP contribution in [0.15, 0.2) is 0 Å². The van der Waals surface area contributed by atoms with E-state index < -0.39 is 10.0 Å². The first-order valence-electron chi connectivity index (χ1n) is 3.66. The maximum atomic E-state index is 11.0. The third kappa shape index (κ3) is 2.76. The molecule has 0 aromatic carbocycles. The van der Waals surface area contributed by atoms with Crippen molar-refractivity contribution in [3.8, 4) is 0 Å². The van der Waals surface area contributed by atoms with Crippen LogP contribution in [0.25, 0.3) is 0 Å². The average Bonchev–Trinajstić information content (AvgIpc) is 1.79. The predicted molar refractivity (Wildman–Crippen MR) is 41.3 cm³/mol. The van der Waals surface area contributed by atoms with Gasteiger partial charge in [0.1, 0.15) is 0 Å². The van der Waals surface area contributed by atoms with Crippen LogP contribution in [0.4, 0.5) is 0 Å². The topological polar surface area (TPSA) is 55.4 Å². The van der Waals surface area contributed by atoms with E-state index in [1.165, 1.54) is 7.11 Å². The lowest BCUT2D eigenvalue weighted by atomic mass is 9.87. The highest BCUT2D eigenvalue weighted by Gasteiger charge is 2.24. The number of hydrogen-bond acceptors (Lipinski definition) is 3. The monoisotopic (exact) mass is 179 g/mol. The van der Waals surface area contributed by atoms with Crippen LogP contribution in [0.2, 0.25) is 0 Å². The first-order chi connectivity index (χ1) is 5.14. The van der Waals surface area contributed by atoms with Gasteiger partial charge in [0, 0.05) is 0 Å². The van der Waals surface area contributed by atoms with Gasteiger partial charge in [-0.15, -0.1) is 0 Å². The number of sulfonamides is 1. The lowest BCUT2D eigenvalue weighted by Gasteiger charge is -2.24. The standard InChI is InChI=1S/C6H13NO3S/c1-10-7-11(8,9)5-6-3-2-4-6/h6-7H,2-5H2,1H3. The number of nitrogens with one attached hydrogen (secondary N) is 1. The Morgan fingerprint density at radius 3 is 2.55 bits per heavy atom. The molecule has 0 amide bonds. The summed E-state index contributed by atoms with van der Waals surface area (Å²) < 4.78 is 22.0. The quantitative estimate of drug-likeness (QED) is 0.630. The van der Waals surface area contributed by atoms with E-state index in [2.05, 4.69) is 4.84 Å². The Hall–Kier alpha value is -0.130. The van der Waals surface area contributed by atoms with E-state index >= 15 is 0 Å². The minimum Gasteiger partial charge on any atom is -0.290 e. The summed E-state index contributed by atoms with van der Waals surface area (Å²) in [6, 6.07) is 0. The molecule has 11 heavy (non-hydrogen) atoms. The van der Waals surface area contributed by atoms with E-state index in [1.807, 2.05) is 4.89 Å². The molecule has 1 saturated carbocycles. The Bertz CT molecular complexity index is 208. The Morgan fingerprint density at radius 1 is 1.55 bits per heavy atom. The second-order valence-corrected chi connectivity index (χ2v) is 4.60. The Labute approximate surface area is 66.9 Å². The van der Waals surface area contributed by atoms with Gasteiger partial charge in [-0.25, -0.2) is 8.42 Å². The lowest BCUT2D eigenvalue weighted by molar-refractivity contribution is 0.152. The van der Waals surface area contributed by atoms with Gasteiger partial charge in [0.05, 0.1) is 12.9 Å².